The summed E-state index contributed by atoms with van der Waals surface area (Å²) in [5.41, 5.74) is 0. The summed E-state index contributed by atoms with van der Waals surface area (Å²) >= 11 is 0. The van der Waals surface area contributed by atoms with E-state index in [4.69, 9.17) is 37.9 Å². The quantitative estimate of drug-likeness (QED) is 0.0522. The molecule has 2 saturated heterocycles. The molecule has 2 aliphatic heterocycles. The molecule has 0 radical (unpaired) electrons. The van der Waals surface area contributed by atoms with E-state index in [0.29, 0.717) is 39.6 Å². The maximum absolute atomic E-state index is 10.6. The first kappa shape index (κ1) is 42.6. The minimum absolute atomic E-state index is 0.00701. The Morgan fingerprint density at radius 3 is 1.43 bits per heavy atom. The van der Waals surface area contributed by atoms with Gasteiger partial charge < -0.3 is 73.6 Å². The molecule has 0 amide bonds. The molecule has 0 aliphatic carbocycles. The van der Waals surface area contributed by atoms with E-state index in [9.17, 15) is 35.7 Å². The van der Waals surface area contributed by atoms with Gasteiger partial charge in [-0.05, 0) is 6.42 Å². The predicted octanol–water partition coefficient (Wildman–Crippen LogP) is -0.386. The summed E-state index contributed by atoms with van der Waals surface area (Å²) in [5.74, 6) is 0. The first-order chi connectivity index (χ1) is 22.8. The van der Waals surface area contributed by atoms with Crippen LogP contribution in [-0.4, -0.2) is 170 Å². The van der Waals surface area contributed by atoms with Crippen LogP contribution in [0.4, 0.5) is 0 Å². The first-order valence-corrected chi connectivity index (χ1v) is 17.4. The minimum atomic E-state index is -1.73. The SMILES string of the molecule is CCCCCCCCCCCCOCCOCCOCCOCCO[C@@H]1O[C@H](CO)[C@@H](O[C@@H]2O[C@H](CO)[C@H](O)[C@H](O)[C@H]2O)[C@H](O)[C@H]1O. The van der Waals surface area contributed by atoms with Gasteiger partial charge in [-0.1, -0.05) is 64.7 Å². The fourth-order valence-corrected chi connectivity index (χ4v) is 5.37. The molecule has 0 bridgehead atoms. The summed E-state index contributed by atoms with van der Waals surface area (Å²) in [7, 11) is 0. The van der Waals surface area contributed by atoms with Gasteiger partial charge in [0.25, 0.3) is 0 Å². The van der Waals surface area contributed by atoms with Crippen LogP contribution in [-0.2, 0) is 37.9 Å². The second kappa shape index (κ2) is 26.2. The zero-order valence-corrected chi connectivity index (χ0v) is 28.0. The molecule has 0 aromatic heterocycles. The molecule has 2 aliphatic rings. The van der Waals surface area contributed by atoms with Gasteiger partial charge >= 0.3 is 0 Å². The van der Waals surface area contributed by atoms with Crippen LogP contribution in [0.2, 0.25) is 0 Å². The lowest BCUT2D eigenvalue weighted by molar-refractivity contribution is -0.359. The third kappa shape index (κ3) is 16.3. The van der Waals surface area contributed by atoms with Crippen molar-refractivity contribution in [2.24, 2.45) is 0 Å². The highest BCUT2D eigenvalue weighted by Gasteiger charge is 2.50. The molecule has 47 heavy (non-hydrogen) atoms. The lowest BCUT2D eigenvalue weighted by Gasteiger charge is -2.45. The van der Waals surface area contributed by atoms with E-state index in [1.807, 2.05) is 0 Å². The molecule has 0 unspecified atom stereocenters. The second-order valence-corrected chi connectivity index (χ2v) is 12.0. The number of unbranched alkanes of at least 4 members (excludes halogenated alkanes) is 9. The Balaban J connectivity index is 1.44. The number of aliphatic hydroxyl groups is 7. The minimum Gasteiger partial charge on any atom is -0.394 e. The Bertz CT molecular complexity index is 733. The van der Waals surface area contributed by atoms with E-state index < -0.39 is 74.6 Å². The van der Waals surface area contributed by atoms with Gasteiger partial charge in [0.05, 0.1) is 66.1 Å². The van der Waals surface area contributed by atoms with Crippen LogP contribution in [0, 0.1) is 0 Å². The fraction of sp³-hybridized carbons (Fsp3) is 1.00. The molecule has 15 nitrogen and oxygen atoms in total. The van der Waals surface area contributed by atoms with E-state index in [-0.39, 0.29) is 13.2 Å². The molecule has 10 atom stereocenters. The van der Waals surface area contributed by atoms with Crippen molar-refractivity contribution in [2.45, 2.75) is 133 Å². The Labute approximate surface area is 279 Å². The lowest BCUT2D eigenvalue weighted by atomic mass is 9.97. The zero-order chi connectivity index (χ0) is 34.3. The summed E-state index contributed by atoms with van der Waals surface area (Å²) in [5, 5.41) is 70.4. The Hall–Kier alpha value is -0.600. The first-order valence-electron chi connectivity index (χ1n) is 17.4. The van der Waals surface area contributed by atoms with Crippen molar-refractivity contribution in [1.82, 2.24) is 0 Å². The van der Waals surface area contributed by atoms with E-state index >= 15 is 0 Å². The van der Waals surface area contributed by atoms with Gasteiger partial charge in [-0.25, -0.2) is 0 Å². The third-order valence-corrected chi connectivity index (χ3v) is 8.23. The molecular formula is C32H62O15. The zero-order valence-electron chi connectivity index (χ0n) is 28.0. The van der Waals surface area contributed by atoms with Gasteiger partial charge in [-0.2, -0.15) is 0 Å². The van der Waals surface area contributed by atoms with Gasteiger partial charge in [0, 0.05) is 6.61 Å². The Morgan fingerprint density at radius 2 is 0.894 bits per heavy atom. The molecule has 0 aromatic rings. The van der Waals surface area contributed by atoms with Crippen molar-refractivity contribution >= 4 is 0 Å². The maximum Gasteiger partial charge on any atom is 0.187 e. The number of aliphatic hydroxyl groups excluding tert-OH is 7. The van der Waals surface area contributed by atoms with Gasteiger partial charge in [0.15, 0.2) is 12.6 Å². The summed E-state index contributed by atoms with van der Waals surface area (Å²) in [6, 6.07) is 0. The summed E-state index contributed by atoms with van der Waals surface area (Å²) in [4.78, 5) is 0. The lowest BCUT2D eigenvalue weighted by Crippen LogP contribution is -2.64. The number of rotatable bonds is 28. The van der Waals surface area contributed by atoms with Crippen molar-refractivity contribution < 1.29 is 73.6 Å². The molecule has 2 fully saturated rings. The highest BCUT2D eigenvalue weighted by Crippen LogP contribution is 2.29. The maximum atomic E-state index is 10.6. The average Bonchev–Trinajstić information content (AvgIpc) is 3.07. The topological polar surface area (TPSA) is 215 Å². The molecular weight excluding hydrogens is 624 g/mol. The standard InChI is InChI=1S/C32H62O15/c1-2-3-4-5-6-7-8-9-10-11-12-40-13-14-41-15-16-42-17-18-43-19-20-44-31-29(39)27(37)30(24(22-34)46-31)47-32-28(38)26(36)25(35)23(21-33)45-32/h23-39H,2-22H2,1H3/t23-,24-,25+,26+,27-,28-,29-,30-,31-,32+/m1/s1. The van der Waals surface area contributed by atoms with Crippen molar-refractivity contribution in [2.75, 3.05) is 72.7 Å². The largest absolute Gasteiger partial charge is 0.394 e. The van der Waals surface area contributed by atoms with E-state index in [1.54, 1.807) is 0 Å². The van der Waals surface area contributed by atoms with Crippen molar-refractivity contribution in [3.05, 3.63) is 0 Å². The monoisotopic (exact) mass is 686 g/mol. The van der Waals surface area contributed by atoms with Gasteiger partial charge in [0.2, 0.25) is 0 Å². The third-order valence-electron chi connectivity index (χ3n) is 8.23. The van der Waals surface area contributed by atoms with E-state index in [2.05, 4.69) is 6.92 Å². The van der Waals surface area contributed by atoms with Crippen LogP contribution in [0.1, 0.15) is 71.1 Å². The average molecular weight is 687 g/mol. The molecule has 0 saturated carbocycles. The van der Waals surface area contributed by atoms with Gasteiger partial charge in [-0.3, -0.25) is 0 Å². The number of hydrogen-bond acceptors (Lipinski definition) is 15. The Kier molecular flexibility index (Phi) is 23.8. The van der Waals surface area contributed by atoms with Crippen LogP contribution >= 0.6 is 0 Å². The summed E-state index contributed by atoms with van der Waals surface area (Å²) in [6.07, 6.45) is -1.95. The number of hydrogen-bond donors (Lipinski definition) is 7. The highest BCUT2D eigenvalue weighted by atomic mass is 16.7. The molecule has 280 valence electrons. The van der Waals surface area contributed by atoms with Gasteiger partial charge in [0.1, 0.15) is 48.8 Å². The fourth-order valence-electron chi connectivity index (χ4n) is 5.37. The van der Waals surface area contributed by atoms with Crippen LogP contribution in [0.15, 0.2) is 0 Å². The molecule has 2 rings (SSSR count). The summed E-state index contributed by atoms with van der Waals surface area (Å²) < 4.78 is 43.9. The van der Waals surface area contributed by atoms with Crippen molar-refractivity contribution in [1.29, 1.82) is 0 Å². The molecule has 15 heteroatoms. The number of ether oxygens (including phenoxy) is 8. The van der Waals surface area contributed by atoms with Crippen LogP contribution in [0.5, 0.6) is 0 Å². The van der Waals surface area contributed by atoms with Crippen LogP contribution < -0.4 is 0 Å². The highest BCUT2D eigenvalue weighted by molar-refractivity contribution is 4.94. The van der Waals surface area contributed by atoms with Crippen LogP contribution in [0.3, 0.4) is 0 Å². The Morgan fingerprint density at radius 1 is 0.447 bits per heavy atom. The molecule has 7 N–H and O–H groups in total. The van der Waals surface area contributed by atoms with Gasteiger partial charge in [-0.15, -0.1) is 0 Å². The molecule has 0 aromatic carbocycles. The molecule has 2 heterocycles. The van der Waals surface area contributed by atoms with Crippen molar-refractivity contribution in [3.8, 4) is 0 Å². The van der Waals surface area contributed by atoms with Crippen LogP contribution in [0.25, 0.3) is 0 Å². The van der Waals surface area contributed by atoms with E-state index in [1.165, 1.54) is 57.8 Å². The normalized spacial score (nSPS) is 31.4. The summed E-state index contributed by atoms with van der Waals surface area (Å²) in [6.45, 7) is 4.48. The smallest absolute Gasteiger partial charge is 0.187 e. The predicted molar refractivity (Wildman–Crippen MR) is 167 cm³/mol. The van der Waals surface area contributed by atoms with Crippen molar-refractivity contribution in [3.63, 3.8) is 0 Å². The second-order valence-electron chi connectivity index (χ2n) is 12.0. The molecule has 0 spiro atoms. The van der Waals surface area contributed by atoms with E-state index in [0.717, 1.165) is 13.0 Å².